The number of carbonyl (C=O) groups is 2. The highest BCUT2D eigenvalue weighted by Crippen LogP contribution is 2.15. The zero-order chi connectivity index (χ0) is 29.1. The van der Waals surface area contributed by atoms with Crippen LogP contribution in [0.4, 0.5) is 4.79 Å². The fraction of sp³-hybridized carbons (Fsp3) is 0.375. The Morgan fingerprint density at radius 2 is 1.37 bits per heavy atom. The molecule has 1 saturated heterocycles. The Kier molecular flexibility index (Phi) is 10.9. The normalized spacial score (nSPS) is 15.6. The van der Waals surface area contributed by atoms with Gasteiger partial charge in [-0.1, -0.05) is 78.9 Å². The highest BCUT2D eigenvalue weighted by atomic mass is 32.2. The molecule has 1 fully saturated rings. The third-order valence-electron chi connectivity index (χ3n) is 7.61. The number of quaternary nitrogens is 1. The molecule has 1 aliphatic heterocycles. The lowest BCUT2D eigenvalue weighted by Gasteiger charge is -2.32. The first-order valence-electron chi connectivity index (χ1n) is 14.3. The standard InChI is InChI=1S/C32H40N4O4S/c1-35-20-22-36(23-21-35)32(38)34-30(25-27-13-7-3-8-14-27)31(37)33-28(18-17-26-11-5-2-6-12-26)19-24-41(39,40)29-15-9-4-10-16-29/h2-16,28,30H,17-25H2,1H3,(H,33,37)(H,34,38)/p+1/t28-,30-/m0/s1. The van der Waals surface area contributed by atoms with E-state index in [2.05, 4.69) is 17.7 Å². The van der Waals surface area contributed by atoms with Crippen LogP contribution >= 0.6 is 0 Å². The van der Waals surface area contributed by atoms with E-state index in [1.54, 1.807) is 35.2 Å². The summed E-state index contributed by atoms with van der Waals surface area (Å²) in [7, 11) is -1.40. The van der Waals surface area contributed by atoms with Gasteiger partial charge in [0.1, 0.15) is 6.04 Å². The van der Waals surface area contributed by atoms with Crippen LogP contribution in [0.25, 0.3) is 0 Å². The van der Waals surface area contributed by atoms with Crippen LogP contribution in [-0.4, -0.2) is 76.3 Å². The van der Waals surface area contributed by atoms with Crippen LogP contribution in [0.3, 0.4) is 0 Å². The molecular formula is C32H41N4O4S+. The van der Waals surface area contributed by atoms with Crippen LogP contribution in [0.5, 0.6) is 0 Å². The highest BCUT2D eigenvalue weighted by Gasteiger charge is 2.28. The van der Waals surface area contributed by atoms with Gasteiger partial charge in [0.15, 0.2) is 9.84 Å². The average molecular weight is 578 g/mol. The van der Waals surface area contributed by atoms with Crippen LogP contribution in [0, 0.1) is 0 Å². The lowest BCUT2D eigenvalue weighted by atomic mass is 10.0. The van der Waals surface area contributed by atoms with Gasteiger partial charge in [-0.2, -0.15) is 0 Å². The minimum atomic E-state index is -3.51. The van der Waals surface area contributed by atoms with Crippen molar-refractivity contribution >= 4 is 21.8 Å². The molecule has 0 saturated carbocycles. The van der Waals surface area contributed by atoms with E-state index in [0.29, 0.717) is 32.4 Å². The van der Waals surface area contributed by atoms with E-state index >= 15 is 0 Å². The molecule has 0 radical (unpaired) electrons. The number of likely N-dealkylation sites (N-methyl/N-ethyl adjacent to an activating group) is 1. The predicted molar refractivity (Wildman–Crippen MR) is 160 cm³/mol. The van der Waals surface area contributed by atoms with Crippen molar-refractivity contribution in [2.75, 3.05) is 39.0 Å². The number of aryl methyl sites for hydroxylation is 1. The largest absolute Gasteiger partial charge is 0.352 e. The molecule has 4 rings (SSSR count). The Hall–Kier alpha value is -3.69. The molecule has 0 unspecified atom stereocenters. The minimum absolute atomic E-state index is 0.0872. The van der Waals surface area contributed by atoms with Crippen LogP contribution < -0.4 is 15.5 Å². The van der Waals surface area contributed by atoms with Gasteiger partial charge in [0, 0.05) is 12.5 Å². The first kappa shape index (κ1) is 30.3. The molecule has 0 bridgehead atoms. The topological polar surface area (TPSA) is 100 Å². The maximum absolute atomic E-state index is 13.7. The van der Waals surface area contributed by atoms with Gasteiger partial charge in [0.2, 0.25) is 5.91 Å². The summed E-state index contributed by atoms with van der Waals surface area (Å²) >= 11 is 0. The maximum atomic E-state index is 13.7. The number of sulfone groups is 1. The summed E-state index contributed by atoms with van der Waals surface area (Å²) in [5, 5.41) is 6.08. The Bertz CT molecular complexity index is 1350. The van der Waals surface area contributed by atoms with Crippen LogP contribution in [0.2, 0.25) is 0 Å². The number of piperazine rings is 1. The van der Waals surface area contributed by atoms with Gasteiger partial charge >= 0.3 is 6.03 Å². The number of nitrogens with one attached hydrogen (secondary N) is 3. The van der Waals surface area contributed by atoms with E-state index < -0.39 is 15.9 Å². The third-order valence-corrected chi connectivity index (χ3v) is 9.37. The van der Waals surface area contributed by atoms with E-state index in [0.717, 1.165) is 24.2 Å². The van der Waals surface area contributed by atoms with Crippen molar-refractivity contribution in [1.29, 1.82) is 0 Å². The molecule has 3 aromatic rings. The number of rotatable bonds is 12. The molecule has 0 spiro atoms. The minimum Gasteiger partial charge on any atom is -0.352 e. The first-order chi connectivity index (χ1) is 19.8. The molecule has 3 amide bonds. The predicted octanol–water partition coefficient (Wildman–Crippen LogP) is 2.12. The molecule has 0 aliphatic carbocycles. The van der Waals surface area contributed by atoms with E-state index in [1.165, 1.54) is 4.90 Å². The van der Waals surface area contributed by atoms with E-state index in [-0.39, 0.29) is 35.0 Å². The number of urea groups is 1. The third kappa shape index (κ3) is 9.43. The fourth-order valence-corrected chi connectivity index (χ4v) is 6.41. The summed E-state index contributed by atoms with van der Waals surface area (Å²) in [6.07, 6.45) is 1.87. The lowest BCUT2D eigenvalue weighted by molar-refractivity contribution is -0.883. The molecule has 9 heteroatoms. The van der Waals surface area contributed by atoms with Gasteiger partial charge < -0.3 is 20.4 Å². The number of hydrogen-bond acceptors (Lipinski definition) is 4. The SMILES string of the molecule is C[NH+]1CCN(C(=O)N[C@@H](Cc2ccccc2)C(=O)N[C@@H](CCc2ccccc2)CCS(=O)(=O)c2ccccc2)CC1. The lowest BCUT2D eigenvalue weighted by Crippen LogP contribution is -3.12. The summed E-state index contributed by atoms with van der Waals surface area (Å²) in [5.74, 6) is -0.395. The molecule has 41 heavy (non-hydrogen) atoms. The number of nitrogens with zero attached hydrogens (tertiary/aromatic N) is 1. The second-order valence-corrected chi connectivity index (χ2v) is 12.9. The van der Waals surface area contributed by atoms with Gasteiger partial charge in [0.25, 0.3) is 0 Å². The molecule has 218 valence electrons. The quantitative estimate of drug-likeness (QED) is 0.307. The Labute approximate surface area is 243 Å². The summed E-state index contributed by atoms with van der Waals surface area (Å²) in [6.45, 7) is 2.99. The summed E-state index contributed by atoms with van der Waals surface area (Å²) in [4.78, 5) is 30.3. The number of amides is 3. The van der Waals surface area contributed by atoms with E-state index in [1.807, 2.05) is 60.7 Å². The van der Waals surface area contributed by atoms with Crippen LogP contribution in [-0.2, 0) is 27.5 Å². The van der Waals surface area contributed by atoms with Crippen molar-refractivity contribution in [2.45, 2.75) is 42.7 Å². The molecule has 3 N–H and O–H groups in total. The fourth-order valence-electron chi connectivity index (χ4n) is 5.01. The van der Waals surface area contributed by atoms with Gasteiger partial charge in [-0.05, 0) is 42.5 Å². The van der Waals surface area contributed by atoms with Gasteiger partial charge in [0.05, 0.1) is 43.9 Å². The Morgan fingerprint density at radius 3 is 1.98 bits per heavy atom. The molecule has 8 nitrogen and oxygen atoms in total. The summed E-state index contributed by atoms with van der Waals surface area (Å²) in [5.41, 5.74) is 2.05. The van der Waals surface area contributed by atoms with E-state index in [4.69, 9.17) is 0 Å². The second-order valence-electron chi connectivity index (χ2n) is 10.8. The highest BCUT2D eigenvalue weighted by molar-refractivity contribution is 7.91. The summed E-state index contributed by atoms with van der Waals surface area (Å²) < 4.78 is 26.1. The van der Waals surface area contributed by atoms with Gasteiger partial charge in [-0.25, -0.2) is 13.2 Å². The number of benzene rings is 3. The maximum Gasteiger partial charge on any atom is 0.318 e. The molecule has 0 aromatic heterocycles. The molecule has 1 heterocycles. The van der Waals surface area contributed by atoms with Crippen molar-refractivity contribution in [3.05, 3.63) is 102 Å². The van der Waals surface area contributed by atoms with Gasteiger partial charge in [-0.3, -0.25) is 4.79 Å². The smallest absolute Gasteiger partial charge is 0.318 e. The molecule has 3 aromatic carbocycles. The van der Waals surface area contributed by atoms with E-state index in [9.17, 15) is 18.0 Å². The summed E-state index contributed by atoms with van der Waals surface area (Å²) in [6, 6.07) is 26.5. The van der Waals surface area contributed by atoms with Crippen molar-refractivity contribution in [1.82, 2.24) is 15.5 Å². The van der Waals surface area contributed by atoms with Crippen molar-refractivity contribution in [3.8, 4) is 0 Å². The van der Waals surface area contributed by atoms with Crippen molar-refractivity contribution in [2.24, 2.45) is 0 Å². The van der Waals surface area contributed by atoms with Gasteiger partial charge in [-0.15, -0.1) is 0 Å². The Balaban J connectivity index is 1.48. The zero-order valence-corrected chi connectivity index (χ0v) is 24.5. The number of carbonyl (C=O) groups excluding carboxylic acids is 2. The monoisotopic (exact) mass is 577 g/mol. The zero-order valence-electron chi connectivity index (χ0n) is 23.7. The number of hydrogen-bond donors (Lipinski definition) is 3. The molecule has 1 aliphatic rings. The first-order valence-corrected chi connectivity index (χ1v) is 16.0. The molecule has 2 atom stereocenters. The average Bonchev–Trinajstić information content (AvgIpc) is 3.00. The second kappa shape index (κ2) is 14.8. The van der Waals surface area contributed by atoms with Crippen LogP contribution in [0.15, 0.2) is 95.9 Å². The Morgan fingerprint density at radius 1 is 0.805 bits per heavy atom. The van der Waals surface area contributed by atoms with Crippen molar-refractivity contribution in [3.63, 3.8) is 0 Å². The molecular weight excluding hydrogens is 536 g/mol. The van der Waals surface area contributed by atoms with Crippen molar-refractivity contribution < 1.29 is 22.9 Å². The van der Waals surface area contributed by atoms with Crippen LogP contribution in [0.1, 0.15) is 24.0 Å².